The zero-order valence-corrected chi connectivity index (χ0v) is 18.5. The summed E-state index contributed by atoms with van der Waals surface area (Å²) in [7, 11) is 0. The highest BCUT2D eigenvalue weighted by molar-refractivity contribution is 6.05. The fourth-order valence-corrected chi connectivity index (χ4v) is 3.42. The predicted octanol–water partition coefficient (Wildman–Crippen LogP) is 4.12. The average Bonchev–Trinajstić information content (AvgIpc) is 2.65. The number of rotatable bonds is 5. The number of aromatic carboxylic acids is 1. The number of carboxylic acid groups (broad SMARTS) is 1. The molecule has 0 bridgehead atoms. The van der Waals surface area contributed by atoms with Crippen LogP contribution in [-0.2, 0) is 9.53 Å². The number of ether oxygens (including phenoxy) is 1. The van der Waals surface area contributed by atoms with Crippen LogP contribution in [0.2, 0.25) is 0 Å². The number of benzene rings is 1. The lowest BCUT2D eigenvalue weighted by Crippen LogP contribution is -2.55. The third kappa shape index (κ3) is 5.37. The fourth-order valence-electron chi connectivity index (χ4n) is 3.42. The number of amides is 2. The van der Waals surface area contributed by atoms with E-state index in [1.54, 1.807) is 39.8 Å². The Morgan fingerprint density at radius 2 is 1.93 bits per heavy atom. The Labute approximate surface area is 177 Å². The highest BCUT2D eigenvalue weighted by Gasteiger charge is 2.41. The Bertz CT molecular complexity index is 853. The SMILES string of the molecule is CCC1(CC)CC(=O)N([C@H](C)c2cccc(C(=O)O)c2)C(NC(=O)OC(C)(C)C)=N1. The first kappa shape index (κ1) is 23.4. The maximum Gasteiger partial charge on any atom is 0.414 e. The van der Waals surface area contributed by atoms with Gasteiger partial charge in [-0.15, -0.1) is 0 Å². The first-order valence-electron chi connectivity index (χ1n) is 10.2. The van der Waals surface area contributed by atoms with E-state index >= 15 is 0 Å². The Morgan fingerprint density at radius 1 is 1.30 bits per heavy atom. The van der Waals surface area contributed by atoms with Crippen molar-refractivity contribution in [3.8, 4) is 0 Å². The molecule has 1 aliphatic heterocycles. The average molecular weight is 418 g/mol. The second kappa shape index (κ2) is 8.85. The molecule has 0 fully saturated rings. The van der Waals surface area contributed by atoms with Crippen molar-refractivity contribution in [2.24, 2.45) is 4.99 Å². The van der Waals surface area contributed by atoms with E-state index in [0.29, 0.717) is 18.4 Å². The lowest BCUT2D eigenvalue weighted by molar-refractivity contribution is -0.131. The molecule has 0 unspecified atom stereocenters. The molecular weight excluding hydrogens is 386 g/mol. The molecule has 2 rings (SSSR count). The molecule has 0 spiro atoms. The van der Waals surface area contributed by atoms with E-state index in [9.17, 15) is 19.5 Å². The molecule has 2 amide bonds. The van der Waals surface area contributed by atoms with Gasteiger partial charge in [0.1, 0.15) is 5.60 Å². The van der Waals surface area contributed by atoms with Crippen molar-refractivity contribution in [3.05, 3.63) is 35.4 Å². The molecule has 2 N–H and O–H groups in total. The molecule has 30 heavy (non-hydrogen) atoms. The lowest BCUT2D eigenvalue weighted by Gasteiger charge is -2.40. The van der Waals surface area contributed by atoms with Crippen LogP contribution in [0, 0.1) is 0 Å². The number of aliphatic imine (C=N–C) groups is 1. The van der Waals surface area contributed by atoms with Gasteiger partial charge < -0.3 is 9.84 Å². The van der Waals surface area contributed by atoms with Crippen LogP contribution >= 0.6 is 0 Å². The molecule has 0 radical (unpaired) electrons. The zero-order valence-electron chi connectivity index (χ0n) is 18.5. The molecule has 1 atom stereocenters. The Morgan fingerprint density at radius 3 is 2.47 bits per heavy atom. The predicted molar refractivity (Wildman–Crippen MR) is 113 cm³/mol. The number of hydrogen-bond donors (Lipinski definition) is 2. The molecule has 0 saturated carbocycles. The second-order valence-electron chi connectivity index (χ2n) is 8.54. The molecule has 0 aliphatic carbocycles. The molecule has 164 valence electrons. The molecular formula is C22H31N3O5. The Hall–Kier alpha value is -2.90. The summed E-state index contributed by atoms with van der Waals surface area (Å²) in [5.74, 6) is -1.11. The third-order valence-electron chi connectivity index (χ3n) is 5.25. The monoisotopic (exact) mass is 417 g/mol. The number of hydrogen-bond acceptors (Lipinski definition) is 5. The van der Waals surface area contributed by atoms with Gasteiger partial charge in [-0.1, -0.05) is 26.0 Å². The fraction of sp³-hybridized carbons (Fsp3) is 0.545. The first-order valence-corrected chi connectivity index (χ1v) is 10.2. The Kier molecular flexibility index (Phi) is 6.90. The van der Waals surface area contributed by atoms with E-state index in [-0.39, 0.29) is 23.9 Å². The number of carboxylic acids is 1. The molecule has 8 heteroatoms. The van der Waals surface area contributed by atoms with Crippen molar-refractivity contribution in [1.29, 1.82) is 0 Å². The minimum Gasteiger partial charge on any atom is -0.478 e. The highest BCUT2D eigenvalue weighted by atomic mass is 16.6. The summed E-state index contributed by atoms with van der Waals surface area (Å²) >= 11 is 0. The lowest BCUT2D eigenvalue weighted by atomic mass is 9.87. The summed E-state index contributed by atoms with van der Waals surface area (Å²) in [5.41, 5.74) is -0.552. The molecule has 1 aromatic rings. The number of carbonyl (C=O) groups excluding carboxylic acids is 2. The van der Waals surface area contributed by atoms with Crippen LogP contribution in [0.25, 0.3) is 0 Å². The molecule has 1 aliphatic rings. The number of alkyl carbamates (subject to hydrolysis) is 1. The van der Waals surface area contributed by atoms with Crippen LogP contribution in [0.3, 0.4) is 0 Å². The quantitative estimate of drug-likeness (QED) is 0.749. The highest BCUT2D eigenvalue weighted by Crippen LogP contribution is 2.33. The molecule has 0 saturated heterocycles. The van der Waals surface area contributed by atoms with Crippen molar-refractivity contribution in [2.75, 3.05) is 0 Å². The van der Waals surface area contributed by atoms with Gasteiger partial charge in [-0.2, -0.15) is 0 Å². The molecule has 1 heterocycles. The van der Waals surface area contributed by atoms with Crippen LogP contribution in [0.4, 0.5) is 4.79 Å². The number of carbonyl (C=O) groups is 3. The van der Waals surface area contributed by atoms with Gasteiger partial charge in [0.05, 0.1) is 23.6 Å². The van der Waals surface area contributed by atoms with Gasteiger partial charge in [0.2, 0.25) is 11.9 Å². The van der Waals surface area contributed by atoms with Gasteiger partial charge in [0, 0.05) is 0 Å². The Balaban J connectivity index is 2.46. The van der Waals surface area contributed by atoms with Crippen molar-refractivity contribution in [2.45, 2.75) is 78.0 Å². The van der Waals surface area contributed by atoms with E-state index in [2.05, 4.69) is 5.32 Å². The van der Waals surface area contributed by atoms with E-state index < -0.39 is 29.2 Å². The summed E-state index contributed by atoms with van der Waals surface area (Å²) in [5, 5.41) is 11.9. The van der Waals surface area contributed by atoms with Gasteiger partial charge in [0.25, 0.3) is 0 Å². The second-order valence-corrected chi connectivity index (χ2v) is 8.54. The maximum absolute atomic E-state index is 13.2. The van der Waals surface area contributed by atoms with Crippen molar-refractivity contribution < 1.29 is 24.2 Å². The van der Waals surface area contributed by atoms with E-state index in [4.69, 9.17) is 9.73 Å². The summed E-state index contributed by atoms with van der Waals surface area (Å²) in [4.78, 5) is 43.1. The summed E-state index contributed by atoms with van der Waals surface area (Å²) in [6, 6.07) is 5.86. The minimum absolute atomic E-state index is 0.123. The van der Waals surface area contributed by atoms with Gasteiger partial charge >= 0.3 is 12.1 Å². The molecule has 8 nitrogen and oxygen atoms in total. The number of nitrogens with zero attached hydrogens (tertiary/aromatic N) is 2. The topological polar surface area (TPSA) is 108 Å². The first-order chi connectivity index (χ1) is 13.9. The van der Waals surface area contributed by atoms with Gasteiger partial charge in [-0.05, 0) is 58.2 Å². The van der Waals surface area contributed by atoms with Gasteiger partial charge in [0.15, 0.2) is 0 Å². The smallest absolute Gasteiger partial charge is 0.414 e. The molecule has 0 aromatic heterocycles. The van der Waals surface area contributed by atoms with Crippen molar-refractivity contribution in [3.63, 3.8) is 0 Å². The van der Waals surface area contributed by atoms with Crippen LogP contribution in [0.5, 0.6) is 0 Å². The van der Waals surface area contributed by atoms with Crippen LogP contribution in [0.1, 0.15) is 82.8 Å². The maximum atomic E-state index is 13.2. The zero-order chi connectivity index (χ0) is 22.7. The largest absolute Gasteiger partial charge is 0.478 e. The van der Waals surface area contributed by atoms with E-state index in [0.717, 1.165) is 0 Å². The van der Waals surface area contributed by atoms with Crippen LogP contribution in [0.15, 0.2) is 29.3 Å². The normalized spacial score (nSPS) is 17.2. The van der Waals surface area contributed by atoms with Gasteiger partial charge in [-0.25, -0.2) is 14.6 Å². The third-order valence-corrected chi connectivity index (χ3v) is 5.25. The summed E-state index contributed by atoms with van der Waals surface area (Å²) in [6.45, 7) is 10.9. The summed E-state index contributed by atoms with van der Waals surface area (Å²) < 4.78 is 5.35. The van der Waals surface area contributed by atoms with Crippen molar-refractivity contribution >= 4 is 23.9 Å². The van der Waals surface area contributed by atoms with Crippen LogP contribution in [-0.4, -0.2) is 45.1 Å². The number of guanidine groups is 1. The van der Waals surface area contributed by atoms with E-state index in [1.807, 2.05) is 13.8 Å². The van der Waals surface area contributed by atoms with Crippen molar-refractivity contribution in [1.82, 2.24) is 10.2 Å². The van der Waals surface area contributed by atoms with Gasteiger partial charge in [-0.3, -0.25) is 15.0 Å². The summed E-state index contributed by atoms with van der Waals surface area (Å²) in [6.07, 6.45) is 0.799. The standard InChI is InChI=1S/C22H31N3O5/c1-7-22(8-2)13-17(26)25(19(24-22)23-20(29)30-21(4,5)6)14(3)15-10-9-11-16(12-15)18(27)28/h9-12,14H,7-8,13H2,1-6H3,(H,27,28)(H,23,24,29)/t14-/m1/s1. The molecule has 1 aromatic carbocycles. The minimum atomic E-state index is -1.05. The number of nitrogens with one attached hydrogen (secondary N) is 1. The van der Waals surface area contributed by atoms with E-state index in [1.165, 1.54) is 17.0 Å². The van der Waals surface area contributed by atoms with Crippen LogP contribution < -0.4 is 5.32 Å².